The molecule has 1 rings (SSSR count). The molecule has 0 unspecified atom stereocenters. The van der Waals surface area contributed by atoms with Crippen molar-refractivity contribution in [1.82, 2.24) is 0 Å². The molecule has 0 aliphatic carbocycles. The highest BCUT2D eigenvalue weighted by atomic mass is 79.9. The fraction of sp³-hybridized carbons (Fsp3) is 0.100. The first-order valence-corrected chi connectivity index (χ1v) is 5.04. The minimum Gasteiger partial charge on any atom is -0.478 e. The van der Waals surface area contributed by atoms with E-state index in [1.54, 1.807) is 0 Å². The smallest absolute Gasteiger partial charge is 0.478 e. The molecule has 0 spiro atoms. The maximum atomic E-state index is 12.1. The van der Waals surface area contributed by atoms with Crippen LogP contribution in [0.1, 0.15) is 5.56 Å². The molecule has 0 aromatic heterocycles. The number of rotatable bonds is 3. The first-order valence-electron chi connectivity index (χ1n) is 4.25. The van der Waals surface area contributed by atoms with Crippen LogP contribution in [0, 0.1) is 0 Å². The Morgan fingerprint density at radius 3 is 2.59 bits per heavy atom. The number of hydrogen-bond acceptors (Lipinski definition) is 2. The molecule has 0 amide bonds. The first kappa shape index (κ1) is 13.6. The molecular formula is C10H6BrF3O3. The van der Waals surface area contributed by atoms with Crippen molar-refractivity contribution in [3.63, 3.8) is 0 Å². The Hall–Kier alpha value is -1.50. The number of carboxylic acids is 1. The van der Waals surface area contributed by atoms with Gasteiger partial charge in [0.25, 0.3) is 0 Å². The zero-order chi connectivity index (χ0) is 13.1. The number of para-hydroxylation sites is 1. The summed E-state index contributed by atoms with van der Waals surface area (Å²) < 4.78 is 40.2. The van der Waals surface area contributed by atoms with Gasteiger partial charge < -0.3 is 9.84 Å². The van der Waals surface area contributed by atoms with Gasteiger partial charge in [-0.1, -0.05) is 12.1 Å². The van der Waals surface area contributed by atoms with Gasteiger partial charge in [-0.25, -0.2) is 4.79 Å². The standard InChI is InChI=1S/C10H6BrF3O3/c11-7-3-1-2-6(4-5-8(15)16)9(7)17-10(12,13)14/h1-5H,(H,15,16)/b5-4+. The molecule has 0 atom stereocenters. The Morgan fingerprint density at radius 1 is 1.41 bits per heavy atom. The lowest BCUT2D eigenvalue weighted by atomic mass is 10.2. The third-order valence-electron chi connectivity index (χ3n) is 1.62. The van der Waals surface area contributed by atoms with Gasteiger partial charge >= 0.3 is 12.3 Å². The molecule has 0 aliphatic rings. The summed E-state index contributed by atoms with van der Waals surface area (Å²) in [6.45, 7) is 0. The molecule has 0 bridgehead atoms. The molecule has 0 radical (unpaired) electrons. The van der Waals surface area contributed by atoms with E-state index < -0.39 is 18.1 Å². The second kappa shape index (κ2) is 5.22. The Labute approximate surface area is 103 Å². The zero-order valence-corrected chi connectivity index (χ0v) is 9.75. The minimum atomic E-state index is -4.84. The van der Waals surface area contributed by atoms with Crippen molar-refractivity contribution in [1.29, 1.82) is 0 Å². The fourth-order valence-electron chi connectivity index (χ4n) is 1.04. The van der Waals surface area contributed by atoms with Gasteiger partial charge in [-0.05, 0) is 28.1 Å². The van der Waals surface area contributed by atoms with Crippen molar-refractivity contribution < 1.29 is 27.8 Å². The zero-order valence-electron chi connectivity index (χ0n) is 8.16. The fourth-order valence-corrected chi connectivity index (χ4v) is 1.50. The molecule has 1 N–H and O–H groups in total. The molecule has 0 aliphatic heterocycles. The summed E-state index contributed by atoms with van der Waals surface area (Å²) in [7, 11) is 0. The summed E-state index contributed by atoms with van der Waals surface area (Å²) in [6, 6.07) is 4.14. The monoisotopic (exact) mass is 310 g/mol. The molecule has 17 heavy (non-hydrogen) atoms. The molecule has 1 aromatic carbocycles. The van der Waals surface area contributed by atoms with Crippen LogP contribution in [0.4, 0.5) is 13.2 Å². The number of carbonyl (C=O) groups is 1. The van der Waals surface area contributed by atoms with Crippen LogP contribution < -0.4 is 4.74 Å². The van der Waals surface area contributed by atoms with E-state index in [4.69, 9.17) is 5.11 Å². The van der Waals surface area contributed by atoms with E-state index in [9.17, 15) is 18.0 Å². The maximum absolute atomic E-state index is 12.1. The molecule has 92 valence electrons. The van der Waals surface area contributed by atoms with E-state index in [2.05, 4.69) is 20.7 Å². The van der Waals surface area contributed by atoms with Crippen molar-refractivity contribution in [3.05, 3.63) is 34.3 Å². The average Bonchev–Trinajstić information content (AvgIpc) is 2.17. The highest BCUT2D eigenvalue weighted by Crippen LogP contribution is 2.34. The van der Waals surface area contributed by atoms with Crippen molar-refractivity contribution in [2.75, 3.05) is 0 Å². The first-order chi connectivity index (χ1) is 7.79. The van der Waals surface area contributed by atoms with E-state index in [1.165, 1.54) is 18.2 Å². The topological polar surface area (TPSA) is 46.5 Å². The predicted molar refractivity (Wildman–Crippen MR) is 57.5 cm³/mol. The van der Waals surface area contributed by atoms with Crippen molar-refractivity contribution in [2.45, 2.75) is 6.36 Å². The van der Waals surface area contributed by atoms with Crippen molar-refractivity contribution in [3.8, 4) is 5.75 Å². The summed E-state index contributed by atoms with van der Waals surface area (Å²) in [5, 5.41) is 8.41. The van der Waals surface area contributed by atoms with Crippen molar-refractivity contribution >= 4 is 28.0 Å². The van der Waals surface area contributed by atoms with E-state index in [-0.39, 0.29) is 10.0 Å². The Bertz CT molecular complexity index is 455. The predicted octanol–water partition coefficient (Wildman–Crippen LogP) is 3.45. The largest absolute Gasteiger partial charge is 0.573 e. The summed E-state index contributed by atoms with van der Waals surface area (Å²) in [4.78, 5) is 10.3. The summed E-state index contributed by atoms with van der Waals surface area (Å²) in [6.07, 6.45) is -3.09. The number of halogens is 4. The van der Waals surface area contributed by atoms with Gasteiger partial charge in [-0.2, -0.15) is 0 Å². The third-order valence-corrected chi connectivity index (χ3v) is 2.25. The molecule has 7 heteroatoms. The third kappa shape index (κ3) is 4.48. The summed E-state index contributed by atoms with van der Waals surface area (Å²) >= 11 is 2.90. The molecule has 1 aromatic rings. The maximum Gasteiger partial charge on any atom is 0.573 e. The average molecular weight is 311 g/mol. The Balaban J connectivity index is 3.13. The van der Waals surface area contributed by atoms with Gasteiger partial charge in [-0.15, -0.1) is 13.2 Å². The van der Waals surface area contributed by atoms with E-state index in [1.807, 2.05) is 0 Å². The Morgan fingerprint density at radius 2 is 2.06 bits per heavy atom. The van der Waals surface area contributed by atoms with Gasteiger partial charge in [0.05, 0.1) is 4.47 Å². The SMILES string of the molecule is O=C(O)/C=C/c1cccc(Br)c1OC(F)(F)F. The second-order valence-electron chi connectivity index (χ2n) is 2.88. The van der Waals surface area contributed by atoms with Crippen LogP contribution in [-0.4, -0.2) is 17.4 Å². The van der Waals surface area contributed by atoms with Crippen LogP contribution in [-0.2, 0) is 4.79 Å². The highest BCUT2D eigenvalue weighted by molar-refractivity contribution is 9.10. The highest BCUT2D eigenvalue weighted by Gasteiger charge is 2.32. The number of alkyl halides is 3. The van der Waals surface area contributed by atoms with Gasteiger partial charge in [0, 0.05) is 11.6 Å². The van der Waals surface area contributed by atoms with Crippen LogP contribution in [0.5, 0.6) is 5.75 Å². The molecule has 0 saturated carbocycles. The lowest BCUT2D eigenvalue weighted by Crippen LogP contribution is -2.18. The van der Waals surface area contributed by atoms with Crippen molar-refractivity contribution in [2.24, 2.45) is 0 Å². The molecule has 0 fully saturated rings. The number of aliphatic carboxylic acids is 1. The number of carboxylic acid groups (broad SMARTS) is 1. The molecule has 0 saturated heterocycles. The van der Waals surface area contributed by atoms with Gasteiger partial charge in [0.15, 0.2) is 5.75 Å². The summed E-state index contributed by atoms with van der Waals surface area (Å²) in [5.41, 5.74) is 0.0131. The normalized spacial score (nSPS) is 11.8. The van der Waals surface area contributed by atoms with Gasteiger partial charge in [0.1, 0.15) is 0 Å². The van der Waals surface area contributed by atoms with Gasteiger partial charge in [0.2, 0.25) is 0 Å². The summed E-state index contributed by atoms with van der Waals surface area (Å²) in [5.74, 6) is -1.74. The van der Waals surface area contributed by atoms with E-state index in [0.717, 1.165) is 12.2 Å². The minimum absolute atomic E-state index is 0.0131. The second-order valence-corrected chi connectivity index (χ2v) is 3.73. The number of hydrogen-bond donors (Lipinski definition) is 1. The molecular weight excluding hydrogens is 305 g/mol. The Kier molecular flexibility index (Phi) is 4.17. The van der Waals surface area contributed by atoms with Crippen LogP contribution in [0.15, 0.2) is 28.7 Å². The number of benzene rings is 1. The van der Waals surface area contributed by atoms with E-state index in [0.29, 0.717) is 0 Å². The van der Waals surface area contributed by atoms with Crippen LogP contribution in [0.25, 0.3) is 6.08 Å². The van der Waals surface area contributed by atoms with Crippen LogP contribution in [0.2, 0.25) is 0 Å². The number of ether oxygens (including phenoxy) is 1. The lowest BCUT2D eigenvalue weighted by Gasteiger charge is -2.12. The molecule has 0 heterocycles. The quantitative estimate of drug-likeness (QED) is 0.870. The van der Waals surface area contributed by atoms with Gasteiger partial charge in [-0.3, -0.25) is 0 Å². The lowest BCUT2D eigenvalue weighted by molar-refractivity contribution is -0.275. The van der Waals surface area contributed by atoms with Crippen LogP contribution in [0.3, 0.4) is 0 Å². The van der Waals surface area contributed by atoms with E-state index >= 15 is 0 Å². The van der Waals surface area contributed by atoms with Crippen LogP contribution >= 0.6 is 15.9 Å². The molecule has 3 nitrogen and oxygen atoms in total.